The van der Waals surface area contributed by atoms with E-state index in [1.165, 1.54) is 31.4 Å². The SMILES string of the molecule is O=C(CNC(=O)C12CC3CC(CC(C3)C1)C2)NCc1cn(-c2ccccc2)nc1-c1ccc(F)cc1. The van der Waals surface area contributed by atoms with Gasteiger partial charge in [-0.25, -0.2) is 9.07 Å². The van der Waals surface area contributed by atoms with E-state index in [2.05, 4.69) is 10.6 Å². The van der Waals surface area contributed by atoms with Gasteiger partial charge in [0.05, 0.1) is 17.9 Å². The molecule has 4 saturated carbocycles. The van der Waals surface area contributed by atoms with Gasteiger partial charge in [-0.1, -0.05) is 18.2 Å². The number of halogens is 1. The van der Waals surface area contributed by atoms with Gasteiger partial charge in [0.1, 0.15) is 5.82 Å². The zero-order valence-electron chi connectivity index (χ0n) is 20.3. The first-order valence-electron chi connectivity index (χ1n) is 12.9. The lowest BCUT2D eigenvalue weighted by atomic mass is 9.49. The molecule has 1 heterocycles. The van der Waals surface area contributed by atoms with E-state index < -0.39 is 0 Å². The number of rotatable bonds is 7. The number of amides is 2. The van der Waals surface area contributed by atoms with Gasteiger partial charge >= 0.3 is 0 Å². The molecule has 0 unspecified atom stereocenters. The first-order valence-corrected chi connectivity index (χ1v) is 12.9. The zero-order valence-corrected chi connectivity index (χ0v) is 20.3. The Hall–Kier alpha value is -3.48. The first kappa shape index (κ1) is 23.0. The van der Waals surface area contributed by atoms with Crippen molar-refractivity contribution in [3.8, 4) is 16.9 Å². The first-order chi connectivity index (χ1) is 17.5. The summed E-state index contributed by atoms with van der Waals surface area (Å²) in [5.41, 5.74) is 2.89. The number of nitrogens with one attached hydrogen (secondary N) is 2. The van der Waals surface area contributed by atoms with E-state index in [1.807, 2.05) is 36.5 Å². The summed E-state index contributed by atoms with van der Waals surface area (Å²) >= 11 is 0. The van der Waals surface area contributed by atoms with Gasteiger partial charge in [-0.15, -0.1) is 0 Å². The van der Waals surface area contributed by atoms with Crippen LogP contribution in [0.1, 0.15) is 44.1 Å². The minimum Gasteiger partial charge on any atom is -0.350 e. The van der Waals surface area contributed by atoms with Gasteiger partial charge in [0.25, 0.3) is 0 Å². The largest absolute Gasteiger partial charge is 0.350 e. The summed E-state index contributed by atoms with van der Waals surface area (Å²) < 4.78 is 15.3. The topological polar surface area (TPSA) is 76.0 Å². The third-order valence-electron chi connectivity index (χ3n) is 8.33. The van der Waals surface area contributed by atoms with Crippen LogP contribution in [0.5, 0.6) is 0 Å². The van der Waals surface area contributed by atoms with Crippen molar-refractivity contribution in [2.45, 2.75) is 45.1 Å². The molecular weight excluding hydrogens is 455 g/mol. The Bertz CT molecular complexity index is 1230. The van der Waals surface area contributed by atoms with Crippen molar-refractivity contribution in [1.82, 2.24) is 20.4 Å². The van der Waals surface area contributed by atoms with Gasteiger partial charge in [-0.2, -0.15) is 5.10 Å². The summed E-state index contributed by atoms with van der Waals surface area (Å²) in [6, 6.07) is 15.9. The van der Waals surface area contributed by atoms with Crippen molar-refractivity contribution in [3.05, 3.63) is 72.2 Å². The molecule has 7 heteroatoms. The van der Waals surface area contributed by atoms with Crippen LogP contribution in [-0.2, 0) is 16.1 Å². The maximum Gasteiger partial charge on any atom is 0.239 e. The quantitative estimate of drug-likeness (QED) is 0.511. The second-order valence-electron chi connectivity index (χ2n) is 10.9. The summed E-state index contributed by atoms with van der Waals surface area (Å²) in [6.07, 6.45) is 8.65. The number of nitrogens with zero attached hydrogens (tertiary/aromatic N) is 2. The molecule has 2 amide bonds. The van der Waals surface area contributed by atoms with Gasteiger partial charge in [-0.3, -0.25) is 9.59 Å². The van der Waals surface area contributed by atoms with Crippen LogP contribution in [0.25, 0.3) is 16.9 Å². The van der Waals surface area contributed by atoms with E-state index in [1.54, 1.807) is 16.8 Å². The molecule has 4 fully saturated rings. The molecule has 186 valence electrons. The highest BCUT2D eigenvalue weighted by Crippen LogP contribution is 2.60. The Labute approximate surface area is 210 Å². The Balaban J connectivity index is 1.12. The molecule has 0 spiro atoms. The van der Waals surface area contributed by atoms with Gasteiger partial charge < -0.3 is 10.6 Å². The second-order valence-corrected chi connectivity index (χ2v) is 10.9. The summed E-state index contributed by atoms with van der Waals surface area (Å²) in [7, 11) is 0. The average Bonchev–Trinajstić information content (AvgIpc) is 3.30. The predicted molar refractivity (Wildman–Crippen MR) is 134 cm³/mol. The number of hydrogen-bond acceptors (Lipinski definition) is 3. The number of hydrogen-bond donors (Lipinski definition) is 2. The molecule has 7 rings (SSSR count). The van der Waals surface area contributed by atoms with Crippen molar-refractivity contribution in [2.24, 2.45) is 23.2 Å². The molecule has 0 atom stereocenters. The van der Waals surface area contributed by atoms with Gasteiger partial charge in [0.15, 0.2) is 0 Å². The molecule has 2 N–H and O–H groups in total. The molecule has 36 heavy (non-hydrogen) atoms. The Kier molecular flexibility index (Phi) is 5.86. The van der Waals surface area contributed by atoms with E-state index in [0.717, 1.165) is 36.1 Å². The molecule has 3 aromatic rings. The minimum absolute atomic E-state index is 0.0285. The van der Waals surface area contributed by atoms with E-state index in [9.17, 15) is 14.0 Å². The molecule has 2 aromatic carbocycles. The van der Waals surface area contributed by atoms with E-state index >= 15 is 0 Å². The third-order valence-corrected chi connectivity index (χ3v) is 8.33. The average molecular weight is 487 g/mol. The summed E-state index contributed by atoms with van der Waals surface area (Å²) in [6.45, 7) is 0.227. The van der Waals surface area contributed by atoms with Crippen molar-refractivity contribution in [1.29, 1.82) is 0 Å². The van der Waals surface area contributed by atoms with Crippen molar-refractivity contribution < 1.29 is 14.0 Å². The van der Waals surface area contributed by atoms with Crippen LogP contribution in [0.15, 0.2) is 60.8 Å². The maximum absolute atomic E-state index is 13.5. The number of carbonyl (C=O) groups is 2. The van der Waals surface area contributed by atoms with Crippen molar-refractivity contribution >= 4 is 11.8 Å². The molecule has 0 saturated heterocycles. The lowest BCUT2D eigenvalue weighted by Gasteiger charge is -2.55. The smallest absolute Gasteiger partial charge is 0.239 e. The number of benzene rings is 2. The monoisotopic (exact) mass is 486 g/mol. The van der Waals surface area contributed by atoms with Crippen LogP contribution in [0.3, 0.4) is 0 Å². The summed E-state index contributed by atoms with van der Waals surface area (Å²) in [5.74, 6) is 1.56. The standard InChI is InChI=1S/C29H31FN4O2/c30-24-8-6-22(7-9-24)27-23(18-34(33-27)25-4-2-1-3-5-25)16-31-26(35)17-32-28(36)29-13-19-10-20(14-29)12-21(11-19)15-29/h1-9,18-21H,10-17H2,(H,31,35)(H,32,36). The molecule has 4 bridgehead atoms. The van der Waals surface area contributed by atoms with E-state index in [0.29, 0.717) is 23.4 Å². The van der Waals surface area contributed by atoms with Crippen LogP contribution in [0.4, 0.5) is 4.39 Å². The van der Waals surface area contributed by atoms with Gasteiger partial charge in [0.2, 0.25) is 11.8 Å². The number of carbonyl (C=O) groups excluding carboxylic acids is 2. The van der Waals surface area contributed by atoms with E-state index in [4.69, 9.17) is 5.10 Å². The lowest BCUT2D eigenvalue weighted by molar-refractivity contribution is -0.147. The molecule has 6 nitrogen and oxygen atoms in total. The van der Waals surface area contributed by atoms with Crippen LogP contribution in [0.2, 0.25) is 0 Å². The highest BCUT2D eigenvalue weighted by Gasteiger charge is 2.54. The Morgan fingerprint density at radius 2 is 1.56 bits per heavy atom. The summed E-state index contributed by atoms with van der Waals surface area (Å²) in [5, 5.41) is 10.6. The fraction of sp³-hybridized carbons (Fsp3) is 0.414. The fourth-order valence-corrected chi connectivity index (χ4v) is 7.10. The maximum atomic E-state index is 13.5. The van der Waals surface area contributed by atoms with Gasteiger partial charge in [0, 0.05) is 29.3 Å². The molecule has 0 radical (unpaired) electrons. The Morgan fingerprint density at radius 1 is 0.917 bits per heavy atom. The van der Waals surface area contributed by atoms with Crippen molar-refractivity contribution in [3.63, 3.8) is 0 Å². The lowest BCUT2D eigenvalue weighted by Crippen LogP contribution is -2.54. The molecule has 4 aliphatic rings. The van der Waals surface area contributed by atoms with Crippen LogP contribution in [0, 0.1) is 29.0 Å². The van der Waals surface area contributed by atoms with Crippen LogP contribution < -0.4 is 10.6 Å². The highest BCUT2D eigenvalue weighted by atomic mass is 19.1. The number of para-hydroxylation sites is 1. The fourth-order valence-electron chi connectivity index (χ4n) is 7.10. The van der Waals surface area contributed by atoms with Crippen molar-refractivity contribution in [2.75, 3.05) is 6.54 Å². The summed E-state index contributed by atoms with van der Waals surface area (Å²) in [4.78, 5) is 25.9. The van der Waals surface area contributed by atoms with Crippen LogP contribution >= 0.6 is 0 Å². The third kappa shape index (κ3) is 4.43. The molecule has 1 aromatic heterocycles. The predicted octanol–water partition coefficient (Wildman–Crippen LogP) is 4.63. The van der Waals surface area contributed by atoms with Gasteiger partial charge in [-0.05, 0) is 92.7 Å². The molecule has 0 aliphatic heterocycles. The normalized spacial score (nSPS) is 26.1. The second kappa shape index (κ2) is 9.19. The highest BCUT2D eigenvalue weighted by molar-refractivity contribution is 5.88. The Morgan fingerprint density at radius 3 is 2.19 bits per heavy atom. The minimum atomic E-state index is -0.314. The number of aromatic nitrogens is 2. The van der Waals surface area contributed by atoms with E-state index in [-0.39, 0.29) is 36.1 Å². The molecular formula is C29H31FN4O2. The zero-order chi connectivity index (χ0) is 24.7. The van der Waals surface area contributed by atoms with Crippen LogP contribution in [-0.4, -0.2) is 28.1 Å². The molecule has 4 aliphatic carbocycles.